The summed E-state index contributed by atoms with van der Waals surface area (Å²) in [7, 11) is 0. The van der Waals surface area contributed by atoms with Crippen molar-refractivity contribution in [3.63, 3.8) is 0 Å². The van der Waals surface area contributed by atoms with E-state index in [0.29, 0.717) is 13.0 Å². The van der Waals surface area contributed by atoms with Gasteiger partial charge in [0.05, 0.1) is 0 Å². The van der Waals surface area contributed by atoms with Gasteiger partial charge in [0.2, 0.25) is 0 Å². The Bertz CT molecular complexity index is 64.3. The average Bonchev–Trinajstić information content (AvgIpc) is 1.98. The Balaban J connectivity index is 2.89. The Hall–Kier alpha value is -0.0800. The van der Waals surface area contributed by atoms with Crippen molar-refractivity contribution in [1.82, 2.24) is 0 Å². The third-order valence-corrected chi connectivity index (χ3v) is 1.38. The van der Waals surface area contributed by atoms with Crippen LogP contribution in [0.3, 0.4) is 0 Å². The smallest absolute Gasteiger partial charge is 0.191 e. The molecule has 2 heteroatoms. The molecule has 1 atom stereocenters. The first kappa shape index (κ1) is 9.92. The molecule has 0 N–H and O–H groups in total. The molecule has 0 aliphatic carbocycles. The molecule has 0 saturated heterocycles. The summed E-state index contributed by atoms with van der Waals surface area (Å²) in [5.41, 5.74) is 0. The second kappa shape index (κ2) is 7.03. The molecule has 1 radical (unpaired) electrons. The standard InChI is InChI=1S/C8H17O2/c1-3-5-6-7-10-8(9)4-2/h8H,3-7H2,1-2H3. The van der Waals surface area contributed by atoms with E-state index in [-0.39, 0.29) is 0 Å². The van der Waals surface area contributed by atoms with Crippen molar-refractivity contribution in [3.8, 4) is 0 Å². The zero-order valence-electron chi connectivity index (χ0n) is 6.93. The van der Waals surface area contributed by atoms with Gasteiger partial charge in [-0.05, 0) is 12.8 Å². The predicted octanol–water partition coefficient (Wildman–Crippen LogP) is 2.36. The van der Waals surface area contributed by atoms with Gasteiger partial charge in [0.1, 0.15) is 0 Å². The molecule has 0 aliphatic heterocycles. The van der Waals surface area contributed by atoms with Gasteiger partial charge in [-0.1, -0.05) is 26.7 Å². The first-order valence-electron chi connectivity index (χ1n) is 4.08. The maximum Gasteiger partial charge on any atom is 0.191 e. The zero-order valence-corrected chi connectivity index (χ0v) is 6.93. The van der Waals surface area contributed by atoms with Crippen molar-refractivity contribution in [2.45, 2.75) is 45.8 Å². The summed E-state index contributed by atoms with van der Waals surface area (Å²) in [6, 6.07) is 0. The number of unbranched alkanes of at least 4 members (excludes halogenated alkanes) is 2. The van der Waals surface area contributed by atoms with E-state index >= 15 is 0 Å². The van der Waals surface area contributed by atoms with Gasteiger partial charge < -0.3 is 4.74 Å². The van der Waals surface area contributed by atoms with Gasteiger partial charge in [-0.15, -0.1) is 0 Å². The van der Waals surface area contributed by atoms with Gasteiger partial charge in [0.15, 0.2) is 6.29 Å². The molecule has 10 heavy (non-hydrogen) atoms. The zero-order chi connectivity index (χ0) is 7.82. The van der Waals surface area contributed by atoms with Crippen LogP contribution in [0.4, 0.5) is 0 Å². The largest absolute Gasteiger partial charge is 0.350 e. The number of hydrogen-bond acceptors (Lipinski definition) is 1. The van der Waals surface area contributed by atoms with Crippen LogP contribution < -0.4 is 0 Å². The van der Waals surface area contributed by atoms with Gasteiger partial charge in [-0.2, -0.15) is 0 Å². The molecule has 0 rings (SSSR count). The topological polar surface area (TPSA) is 29.1 Å². The van der Waals surface area contributed by atoms with Crippen LogP contribution in [-0.4, -0.2) is 12.9 Å². The van der Waals surface area contributed by atoms with Crippen LogP contribution in [0.2, 0.25) is 0 Å². The maximum atomic E-state index is 10.6. The van der Waals surface area contributed by atoms with E-state index in [1.165, 1.54) is 6.42 Å². The molecule has 0 aromatic carbocycles. The van der Waals surface area contributed by atoms with Crippen molar-refractivity contribution >= 4 is 0 Å². The van der Waals surface area contributed by atoms with E-state index < -0.39 is 6.29 Å². The van der Waals surface area contributed by atoms with Crippen LogP contribution >= 0.6 is 0 Å². The molecule has 0 aromatic heterocycles. The molecule has 2 nitrogen and oxygen atoms in total. The van der Waals surface area contributed by atoms with Crippen molar-refractivity contribution in [1.29, 1.82) is 0 Å². The molecule has 0 spiro atoms. The van der Waals surface area contributed by atoms with Crippen LogP contribution in [0.15, 0.2) is 0 Å². The number of rotatable bonds is 6. The third kappa shape index (κ3) is 6.05. The van der Waals surface area contributed by atoms with E-state index in [1.54, 1.807) is 0 Å². The summed E-state index contributed by atoms with van der Waals surface area (Å²) >= 11 is 0. The lowest BCUT2D eigenvalue weighted by Crippen LogP contribution is -2.09. The first-order chi connectivity index (χ1) is 4.81. The Kier molecular flexibility index (Phi) is 6.98. The molecular weight excluding hydrogens is 128 g/mol. The highest BCUT2D eigenvalue weighted by Gasteiger charge is 1.99. The summed E-state index contributed by atoms with van der Waals surface area (Å²) < 4.78 is 4.94. The summed E-state index contributed by atoms with van der Waals surface area (Å²) in [6.45, 7) is 4.61. The van der Waals surface area contributed by atoms with E-state index in [4.69, 9.17) is 4.74 Å². The van der Waals surface area contributed by atoms with Gasteiger partial charge in [-0.3, -0.25) is 0 Å². The fourth-order valence-corrected chi connectivity index (χ4v) is 0.685. The van der Waals surface area contributed by atoms with Gasteiger partial charge in [0, 0.05) is 6.61 Å². The van der Waals surface area contributed by atoms with Crippen LogP contribution in [0, 0.1) is 0 Å². The van der Waals surface area contributed by atoms with E-state index in [1.807, 2.05) is 6.92 Å². The Morgan fingerprint density at radius 3 is 2.50 bits per heavy atom. The van der Waals surface area contributed by atoms with Gasteiger partial charge >= 0.3 is 0 Å². The lowest BCUT2D eigenvalue weighted by Gasteiger charge is -2.05. The quantitative estimate of drug-likeness (QED) is 0.416. The maximum absolute atomic E-state index is 10.6. The average molecular weight is 145 g/mol. The first-order valence-corrected chi connectivity index (χ1v) is 4.08. The molecule has 0 aromatic rings. The molecule has 61 valence electrons. The third-order valence-electron chi connectivity index (χ3n) is 1.38. The molecule has 0 amide bonds. The van der Waals surface area contributed by atoms with Crippen LogP contribution in [0.25, 0.3) is 0 Å². The molecule has 0 fully saturated rings. The monoisotopic (exact) mass is 145 g/mol. The normalized spacial score (nSPS) is 13.5. The fraction of sp³-hybridized carbons (Fsp3) is 1.00. The second-order valence-corrected chi connectivity index (χ2v) is 2.42. The second-order valence-electron chi connectivity index (χ2n) is 2.42. The van der Waals surface area contributed by atoms with Crippen LogP contribution in [-0.2, 0) is 9.84 Å². The minimum Gasteiger partial charge on any atom is -0.350 e. The summed E-state index contributed by atoms with van der Waals surface area (Å²) in [5, 5.41) is 10.6. The van der Waals surface area contributed by atoms with Crippen molar-refractivity contribution in [2.24, 2.45) is 0 Å². The van der Waals surface area contributed by atoms with Crippen molar-refractivity contribution < 1.29 is 9.84 Å². The number of hydrogen-bond donors (Lipinski definition) is 0. The lowest BCUT2D eigenvalue weighted by atomic mass is 10.3. The molecule has 0 heterocycles. The highest BCUT2D eigenvalue weighted by Crippen LogP contribution is 1.98. The van der Waals surface area contributed by atoms with Crippen molar-refractivity contribution in [3.05, 3.63) is 0 Å². The molecular formula is C8H17O2. The van der Waals surface area contributed by atoms with Crippen LogP contribution in [0.1, 0.15) is 39.5 Å². The summed E-state index contributed by atoms with van der Waals surface area (Å²) in [6.07, 6.45) is 3.15. The SMILES string of the molecule is CCCCCOC([O])CC. The van der Waals surface area contributed by atoms with Gasteiger partial charge in [0.25, 0.3) is 0 Å². The molecule has 0 saturated carbocycles. The van der Waals surface area contributed by atoms with E-state index in [0.717, 1.165) is 12.8 Å². The summed E-state index contributed by atoms with van der Waals surface area (Å²) in [5.74, 6) is 0. The van der Waals surface area contributed by atoms with E-state index in [9.17, 15) is 5.11 Å². The number of ether oxygens (including phenoxy) is 1. The Labute approximate surface area is 63.2 Å². The van der Waals surface area contributed by atoms with Crippen LogP contribution in [0.5, 0.6) is 0 Å². The highest BCUT2D eigenvalue weighted by atomic mass is 16.6. The highest BCUT2D eigenvalue weighted by molar-refractivity contribution is 4.38. The predicted molar refractivity (Wildman–Crippen MR) is 40.2 cm³/mol. The Morgan fingerprint density at radius 1 is 1.30 bits per heavy atom. The van der Waals surface area contributed by atoms with Crippen molar-refractivity contribution in [2.75, 3.05) is 6.61 Å². The molecule has 0 bridgehead atoms. The van der Waals surface area contributed by atoms with E-state index in [2.05, 4.69) is 6.92 Å². The molecule has 1 unspecified atom stereocenters. The lowest BCUT2D eigenvalue weighted by molar-refractivity contribution is -0.141. The Morgan fingerprint density at radius 2 is 2.00 bits per heavy atom. The minimum atomic E-state index is -0.795. The summed E-state index contributed by atoms with van der Waals surface area (Å²) in [4.78, 5) is 0. The fourth-order valence-electron chi connectivity index (χ4n) is 0.685. The van der Waals surface area contributed by atoms with Gasteiger partial charge in [-0.25, -0.2) is 5.11 Å². The molecule has 0 aliphatic rings. The minimum absolute atomic E-state index is 0.576.